The number of benzene rings is 1. The second-order valence-electron chi connectivity index (χ2n) is 2.39. The molecule has 0 aromatic heterocycles. The number of hydrogen-bond donors (Lipinski definition) is 0. The maximum Gasteiger partial charge on any atom is -0.0257 e. The van der Waals surface area contributed by atoms with E-state index < -0.39 is 0 Å². The van der Waals surface area contributed by atoms with Crippen LogP contribution in [-0.4, -0.2) is 0 Å². The average Bonchev–Trinajstić information content (AvgIpc) is 2.14. The van der Waals surface area contributed by atoms with Crippen molar-refractivity contribution in [3.8, 4) is 0 Å². The predicted molar refractivity (Wildman–Crippen MR) is 54.8 cm³/mol. The Bertz CT molecular complexity index is 278. The van der Waals surface area contributed by atoms with E-state index in [0.717, 1.165) is 0 Å². The highest BCUT2D eigenvalue weighted by Gasteiger charge is 1.78. The second kappa shape index (κ2) is 5.14. The molecule has 0 spiro atoms. The van der Waals surface area contributed by atoms with E-state index in [4.69, 9.17) is 0 Å². The van der Waals surface area contributed by atoms with Crippen LogP contribution >= 0.6 is 0 Å². The number of allylic oxidation sites excluding steroid dienone is 4. The van der Waals surface area contributed by atoms with E-state index in [1.165, 1.54) is 5.56 Å². The molecule has 0 heterocycles. The molecule has 1 aromatic carbocycles. The fourth-order valence-electron chi connectivity index (χ4n) is 0.874. The molecule has 0 N–H and O–H groups in total. The van der Waals surface area contributed by atoms with Crippen molar-refractivity contribution in [1.82, 2.24) is 0 Å². The average molecular weight is 156 g/mol. The number of rotatable bonds is 3. The minimum atomic E-state index is 1.21. The highest BCUT2D eigenvalue weighted by atomic mass is 13.8. The first-order chi connectivity index (χ1) is 5.93. The summed E-state index contributed by atoms with van der Waals surface area (Å²) in [5.41, 5.74) is 1.21. The minimum absolute atomic E-state index is 1.21. The van der Waals surface area contributed by atoms with Crippen LogP contribution in [0.5, 0.6) is 0 Å². The quantitative estimate of drug-likeness (QED) is 0.588. The largest absolute Gasteiger partial charge is 0.0991 e. The maximum atomic E-state index is 3.58. The van der Waals surface area contributed by atoms with Gasteiger partial charge in [0.05, 0.1) is 0 Å². The molecule has 0 bridgehead atoms. The Labute approximate surface area is 73.6 Å². The highest BCUT2D eigenvalue weighted by molar-refractivity contribution is 5.50. The summed E-state index contributed by atoms with van der Waals surface area (Å²) in [6, 6.07) is 10.2. The molecule has 0 saturated heterocycles. The van der Waals surface area contributed by atoms with E-state index in [2.05, 4.69) is 24.8 Å². The van der Waals surface area contributed by atoms with Gasteiger partial charge in [0.1, 0.15) is 0 Å². The topological polar surface area (TPSA) is 0 Å². The molecular formula is C12H12. The minimum Gasteiger partial charge on any atom is -0.0991 e. The van der Waals surface area contributed by atoms with E-state index in [-0.39, 0.29) is 0 Å². The van der Waals surface area contributed by atoms with Crippen molar-refractivity contribution >= 4 is 6.08 Å². The molecule has 0 aliphatic heterocycles. The second-order valence-corrected chi connectivity index (χ2v) is 2.39. The van der Waals surface area contributed by atoms with E-state index in [1.54, 1.807) is 6.08 Å². The lowest BCUT2D eigenvalue weighted by atomic mass is 10.2. The highest BCUT2D eigenvalue weighted by Crippen LogP contribution is 2.00. The number of hydrogen-bond acceptors (Lipinski definition) is 0. The van der Waals surface area contributed by atoms with Crippen molar-refractivity contribution in [2.75, 3.05) is 0 Å². The van der Waals surface area contributed by atoms with Crippen LogP contribution in [0.2, 0.25) is 0 Å². The molecule has 0 amide bonds. The molecule has 0 unspecified atom stereocenters. The SMILES string of the molecule is C=C/C=C\C=C/c1ccccc1. The van der Waals surface area contributed by atoms with Gasteiger partial charge in [0.2, 0.25) is 0 Å². The summed E-state index contributed by atoms with van der Waals surface area (Å²) in [6.07, 6.45) is 9.67. The van der Waals surface area contributed by atoms with Crippen LogP contribution in [-0.2, 0) is 0 Å². The smallest absolute Gasteiger partial charge is 0.0257 e. The van der Waals surface area contributed by atoms with Gasteiger partial charge < -0.3 is 0 Å². The molecule has 1 aromatic rings. The van der Waals surface area contributed by atoms with Gasteiger partial charge in [-0.2, -0.15) is 0 Å². The normalized spacial score (nSPS) is 11.0. The van der Waals surface area contributed by atoms with Crippen LogP contribution in [0.25, 0.3) is 6.08 Å². The van der Waals surface area contributed by atoms with Gasteiger partial charge in [-0.3, -0.25) is 0 Å². The lowest BCUT2D eigenvalue weighted by molar-refractivity contribution is 1.66. The molecular weight excluding hydrogens is 144 g/mol. The molecule has 12 heavy (non-hydrogen) atoms. The van der Waals surface area contributed by atoms with Crippen LogP contribution in [0.15, 0.2) is 61.2 Å². The van der Waals surface area contributed by atoms with Crippen molar-refractivity contribution in [1.29, 1.82) is 0 Å². The van der Waals surface area contributed by atoms with Gasteiger partial charge in [0.25, 0.3) is 0 Å². The Hall–Kier alpha value is -1.56. The molecule has 0 fully saturated rings. The third-order valence-corrected chi connectivity index (χ3v) is 1.45. The zero-order valence-corrected chi connectivity index (χ0v) is 6.98. The molecule has 0 saturated carbocycles. The molecule has 0 nitrogen and oxygen atoms in total. The van der Waals surface area contributed by atoms with Gasteiger partial charge in [-0.25, -0.2) is 0 Å². The van der Waals surface area contributed by atoms with Crippen LogP contribution in [0.4, 0.5) is 0 Å². The Kier molecular flexibility index (Phi) is 3.65. The third kappa shape index (κ3) is 3.02. The van der Waals surface area contributed by atoms with Crippen molar-refractivity contribution in [2.45, 2.75) is 0 Å². The summed E-state index contributed by atoms with van der Waals surface area (Å²) in [5, 5.41) is 0. The first-order valence-electron chi connectivity index (χ1n) is 3.94. The standard InChI is InChI=1S/C12H12/c1-2-3-4-6-9-12-10-7-5-8-11-12/h2-11H,1H2/b4-3-,9-6-. The summed E-state index contributed by atoms with van der Waals surface area (Å²) in [4.78, 5) is 0. The fourth-order valence-corrected chi connectivity index (χ4v) is 0.874. The van der Waals surface area contributed by atoms with Gasteiger partial charge in [-0.05, 0) is 5.56 Å². The third-order valence-electron chi connectivity index (χ3n) is 1.45. The van der Waals surface area contributed by atoms with E-state index in [9.17, 15) is 0 Å². The Balaban J connectivity index is 2.58. The van der Waals surface area contributed by atoms with Gasteiger partial charge in [-0.1, -0.05) is 67.3 Å². The fraction of sp³-hybridized carbons (Fsp3) is 0. The Morgan fingerprint density at radius 2 is 1.67 bits per heavy atom. The zero-order chi connectivity index (χ0) is 8.65. The van der Waals surface area contributed by atoms with Crippen molar-refractivity contribution in [2.24, 2.45) is 0 Å². The molecule has 0 aliphatic carbocycles. The van der Waals surface area contributed by atoms with Gasteiger partial charge in [0, 0.05) is 0 Å². The van der Waals surface area contributed by atoms with Crippen LogP contribution in [0.1, 0.15) is 5.56 Å². The van der Waals surface area contributed by atoms with Gasteiger partial charge in [0.15, 0.2) is 0 Å². The summed E-state index contributed by atoms with van der Waals surface area (Å²) in [7, 11) is 0. The van der Waals surface area contributed by atoms with E-state index in [1.807, 2.05) is 36.4 Å². The summed E-state index contributed by atoms with van der Waals surface area (Å²) >= 11 is 0. The lowest BCUT2D eigenvalue weighted by Gasteiger charge is -1.87. The molecule has 1 rings (SSSR count). The summed E-state index contributed by atoms with van der Waals surface area (Å²) in [6.45, 7) is 3.58. The van der Waals surface area contributed by atoms with E-state index in [0.29, 0.717) is 0 Å². The first kappa shape index (κ1) is 8.54. The summed E-state index contributed by atoms with van der Waals surface area (Å²) < 4.78 is 0. The molecule has 0 atom stereocenters. The van der Waals surface area contributed by atoms with Crippen molar-refractivity contribution in [3.05, 3.63) is 66.8 Å². The zero-order valence-electron chi connectivity index (χ0n) is 6.98. The van der Waals surface area contributed by atoms with Crippen LogP contribution in [0, 0.1) is 0 Å². The predicted octanol–water partition coefficient (Wildman–Crippen LogP) is 3.44. The summed E-state index contributed by atoms with van der Waals surface area (Å²) in [5.74, 6) is 0. The van der Waals surface area contributed by atoms with Crippen LogP contribution < -0.4 is 0 Å². The Morgan fingerprint density at radius 3 is 2.33 bits per heavy atom. The lowest BCUT2D eigenvalue weighted by Crippen LogP contribution is -1.66. The van der Waals surface area contributed by atoms with E-state index >= 15 is 0 Å². The van der Waals surface area contributed by atoms with Crippen molar-refractivity contribution in [3.63, 3.8) is 0 Å². The van der Waals surface area contributed by atoms with Gasteiger partial charge in [-0.15, -0.1) is 0 Å². The van der Waals surface area contributed by atoms with Crippen LogP contribution in [0.3, 0.4) is 0 Å². The van der Waals surface area contributed by atoms with Gasteiger partial charge >= 0.3 is 0 Å². The molecule has 60 valence electrons. The first-order valence-corrected chi connectivity index (χ1v) is 3.94. The Morgan fingerprint density at radius 1 is 0.917 bits per heavy atom. The van der Waals surface area contributed by atoms with Crippen molar-refractivity contribution < 1.29 is 0 Å². The maximum absolute atomic E-state index is 3.58. The monoisotopic (exact) mass is 156 g/mol. The molecule has 0 heteroatoms. The molecule has 0 aliphatic rings. The molecule has 0 radical (unpaired) electrons.